The summed E-state index contributed by atoms with van der Waals surface area (Å²) in [6.45, 7) is 22.8. The van der Waals surface area contributed by atoms with Crippen LogP contribution in [0.2, 0.25) is 0 Å². The van der Waals surface area contributed by atoms with Crippen molar-refractivity contribution in [3.8, 4) is 11.5 Å². The monoisotopic (exact) mass is 830 g/mol. The molecule has 2 rings (SSSR count). The summed E-state index contributed by atoms with van der Waals surface area (Å²) in [5.74, 6) is -2.57. The molecule has 0 spiro atoms. The van der Waals surface area contributed by atoms with Gasteiger partial charge in [-0.3, -0.25) is 28.8 Å². The van der Waals surface area contributed by atoms with Gasteiger partial charge < -0.3 is 45.0 Å². The number of fused-ring (bicyclic) bond motifs is 1. The van der Waals surface area contributed by atoms with Crippen LogP contribution in [0.25, 0.3) is 0 Å². The molecule has 1 aromatic carbocycles. The smallest absolute Gasteiger partial charge is 0.246 e. The minimum Gasteiger partial charge on any atom is -0.454 e. The van der Waals surface area contributed by atoms with Crippen LogP contribution in [0, 0.1) is 35.5 Å². The number of amides is 6. The molecule has 3 N–H and O–H groups in total. The van der Waals surface area contributed by atoms with E-state index in [1.807, 2.05) is 101 Å². The molecule has 1 aromatic rings. The van der Waals surface area contributed by atoms with E-state index in [0.717, 1.165) is 5.56 Å². The van der Waals surface area contributed by atoms with Crippen molar-refractivity contribution in [3.63, 3.8) is 0 Å². The first kappa shape index (κ1) is 50.7. The zero-order valence-electron chi connectivity index (χ0n) is 38.8. The van der Waals surface area contributed by atoms with E-state index in [0.29, 0.717) is 24.5 Å². The second-order valence-electron chi connectivity index (χ2n) is 18.0. The highest BCUT2D eigenvalue weighted by atomic mass is 16.7. The van der Waals surface area contributed by atoms with Gasteiger partial charge in [0.1, 0.15) is 30.2 Å². The fourth-order valence-electron chi connectivity index (χ4n) is 8.07. The molecule has 15 nitrogen and oxygen atoms in total. The molecule has 15 heteroatoms. The lowest BCUT2D eigenvalue weighted by molar-refractivity contribution is -0.157. The number of benzene rings is 1. The average molecular weight is 830 g/mol. The van der Waals surface area contributed by atoms with E-state index in [4.69, 9.17) is 9.47 Å². The fourth-order valence-corrected chi connectivity index (χ4v) is 8.07. The summed E-state index contributed by atoms with van der Waals surface area (Å²) >= 11 is 0. The Hall–Kier alpha value is -4.40. The van der Waals surface area contributed by atoms with Gasteiger partial charge in [0.05, 0.1) is 6.04 Å². The quantitative estimate of drug-likeness (QED) is 0.168. The molecule has 0 aromatic heterocycles. The number of hydrogen-bond acceptors (Lipinski definition) is 9. The maximum Gasteiger partial charge on any atom is 0.246 e. The van der Waals surface area contributed by atoms with Gasteiger partial charge in [-0.05, 0) is 66.7 Å². The first-order valence-electron chi connectivity index (χ1n) is 21.1. The van der Waals surface area contributed by atoms with Crippen molar-refractivity contribution >= 4 is 35.4 Å². The predicted octanol–water partition coefficient (Wildman–Crippen LogP) is 3.39. The molecule has 1 aliphatic heterocycles. The van der Waals surface area contributed by atoms with Crippen LogP contribution in [0.3, 0.4) is 0 Å². The van der Waals surface area contributed by atoms with Crippen LogP contribution < -0.4 is 25.4 Å². The lowest BCUT2D eigenvalue weighted by Crippen LogP contribution is -2.63. The maximum absolute atomic E-state index is 14.6. The van der Waals surface area contributed by atoms with Crippen LogP contribution in [-0.2, 0) is 35.2 Å². The third kappa shape index (κ3) is 12.6. The molecule has 1 aliphatic rings. The van der Waals surface area contributed by atoms with Gasteiger partial charge in [-0.1, -0.05) is 89.2 Å². The zero-order valence-corrected chi connectivity index (χ0v) is 38.8. The summed E-state index contributed by atoms with van der Waals surface area (Å²) in [7, 11) is 7.94. The largest absolute Gasteiger partial charge is 0.454 e. The molecule has 0 bridgehead atoms. The molecule has 6 atom stereocenters. The Morgan fingerprint density at radius 2 is 0.949 bits per heavy atom. The van der Waals surface area contributed by atoms with Crippen molar-refractivity contribution in [1.29, 1.82) is 0 Å². The second kappa shape index (κ2) is 22.3. The molecule has 0 aliphatic carbocycles. The summed E-state index contributed by atoms with van der Waals surface area (Å²) < 4.78 is 10.9. The van der Waals surface area contributed by atoms with E-state index in [2.05, 4.69) is 16.0 Å². The number of carbonyl (C=O) groups excluding carboxylic acids is 6. The third-order valence-corrected chi connectivity index (χ3v) is 11.3. The predicted molar refractivity (Wildman–Crippen MR) is 229 cm³/mol. The minimum atomic E-state index is -0.986. The van der Waals surface area contributed by atoms with Crippen molar-refractivity contribution in [2.24, 2.45) is 35.5 Å². The number of rotatable bonds is 21. The maximum atomic E-state index is 14.6. The van der Waals surface area contributed by atoms with E-state index in [9.17, 15) is 28.8 Å². The SMILES string of the molecule is CN[C@H](C(=O)N[C@H](C(=O)N(C)[C@H](C(=O)N(C)[C@H](C(=O)N(C)[C@H](C(=O)N(C)[C@H](C(=O)NCCc1ccc2c(c1)OCO2)C(C)C)C(C)C)C(C)C)C(C)C)C(C)C)C(C)C. The molecule has 0 fully saturated rings. The van der Waals surface area contributed by atoms with Crippen molar-refractivity contribution in [2.45, 2.75) is 126 Å². The molecule has 0 saturated heterocycles. The van der Waals surface area contributed by atoms with Gasteiger partial charge in [0, 0.05) is 34.7 Å². The Bertz CT molecular complexity index is 1610. The van der Waals surface area contributed by atoms with Gasteiger partial charge in [-0.15, -0.1) is 0 Å². The van der Waals surface area contributed by atoms with Crippen LogP contribution >= 0.6 is 0 Å². The Morgan fingerprint density at radius 3 is 1.36 bits per heavy atom. The molecule has 0 radical (unpaired) electrons. The summed E-state index contributed by atoms with van der Waals surface area (Å²) in [5, 5.41) is 8.90. The normalized spacial score (nSPS) is 15.5. The van der Waals surface area contributed by atoms with Crippen LogP contribution in [-0.4, -0.2) is 140 Å². The van der Waals surface area contributed by atoms with E-state index < -0.39 is 59.9 Å². The molecular weight excluding hydrogens is 755 g/mol. The molecule has 334 valence electrons. The van der Waals surface area contributed by atoms with Crippen LogP contribution in [0.5, 0.6) is 11.5 Å². The summed E-state index contributed by atoms with van der Waals surface area (Å²) in [5.41, 5.74) is 0.967. The molecule has 1 heterocycles. The Kier molecular flexibility index (Phi) is 19.2. The first-order chi connectivity index (χ1) is 27.4. The highest BCUT2D eigenvalue weighted by Crippen LogP contribution is 2.32. The van der Waals surface area contributed by atoms with Gasteiger partial charge in [-0.2, -0.15) is 0 Å². The zero-order chi connectivity index (χ0) is 45.2. The molecule has 6 amide bonds. The standard InChI is InChI=1S/C44H75N7O8/c1-24(2)33(45-13)39(52)47-34(25(3)4)41(54)49(15)36(27(7)8)43(56)51(17)38(29(11)12)44(57)50(16)37(28(9)10)42(55)48(14)35(26(5)6)40(53)46-21-20-30-18-19-31-32(22-30)59-23-58-31/h18-19,22,24-29,33-38,45H,20-21,23H2,1-17H3,(H,46,53)(H,47,52)/t33-,34-,35-,36-,37-,38-/m0/s1. The van der Waals surface area contributed by atoms with Crippen molar-refractivity contribution in [2.75, 3.05) is 48.6 Å². The van der Waals surface area contributed by atoms with Crippen molar-refractivity contribution in [3.05, 3.63) is 23.8 Å². The number of nitrogens with one attached hydrogen (secondary N) is 3. The molecule has 0 unspecified atom stereocenters. The highest BCUT2D eigenvalue weighted by molar-refractivity contribution is 5.97. The van der Waals surface area contributed by atoms with Crippen molar-refractivity contribution in [1.82, 2.24) is 35.6 Å². The Balaban J connectivity index is 2.32. The van der Waals surface area contributed by atoms with Crippen LogP contribution in [0.1, 0.15) is 88.6 Å². The van der Waals surface area contributed by atoms with Gasteiger partial charge in [-0.25, -0.2) is 0 Å². The number of hydrogen-bond donors (Lipinski definition) is 3. The topological polar surface area (TPSA) is 170 Å². The van der Waals surface area contributed by atoms with Crippen LogP contribution in [0.4, 0.5) is 0 Å². The fraction of sp³-hybridized carbons (Fsp3) is 0.727. The summed E-state index contributed by atoms with van der Waals surface area (Å²) in [6, 6.07) is 0.534. The lowest BCUT2D eigenvalue weighted by atomic mass is 9.93. The molecular formula is C44H75N7O8. The van der Waals surface area contributed by atoms with Crippen LogP contribution in [0.15, 0.2) is 18.2 Å². The van der Waals surface area contributed by atoms with E-state index in [-0.39, 0.29) is 54.1 Å². The number of nitrogens with zero attached hydrogens (tertiary/aromatic N) is 4. The second-order valence-corrected chi connectivity index (χ2v) is 18.0. The first-order valence-corrected chi connectivity index (χ1v) is 21.1. The molecule has 59 heavy (non-hydrogen) atoms. The van der Waals surface area contributed by atoms with Gasteiger partial charge in [0.15, 0.2) is 11.5 Å². The van der Waals surface area contributed by atoms with E-state index in [1.165, 1.54) is 19.6 Å². The van der Waals surface area contributed by atoms with Gasteiger partial charge in [0.25, 0.3) is 0 Å². The summed E-state index contributed by atoms with van der Waals surface area (Å²) in [6.07, 6.45) is 0.547. The number of carbonyl (C=O) groups is 6. The summed E-state index contributed by atoms with van der Waals surface area (Å²) in [4.78, 5) is 90.0. The van der Waals surface area contributed by atoms with Gasteiger partial charge in [0.2, 0.25) is 42.2 Å². The van der Waals surface area contributed by atoms with E-state index >= 15 is 0 Å². The third-order valence-electron chi connectivity index (χ3n) is 11.3. The lowest BCUT2D eigenvalue weighted by Gasteiger charge is -2.42. The Labute approximate surface area is 353 Å². The molecule has 0 saturated carbocycles. The highest BCUT2D eigenvalue weighted by Gasteiger charge is 2.44. The number of likely N-dealkylation sites (N-methyl/N-ethyl adjacent to an activating group) is 5. The van der Waals surface area contributed by atoms with Gasteiger partial charge >= 0.3 is 0 Å². The number of ether oxygens (including phenoxy) is 2. The van der Waals surface area contributed by atoms with Crippen molar-refractivity contribution < 1.29 is 38.2 Å². The minimum absolute atomic E-state index is 0.0195. The Morgan fingerprint density at radius 1 is 0.542 bits per heavy atom. The van der Waals surface area contributed by atoms with E-state index in [1.54, 1.807) is 35.2 Å². The average Bonchev–Trinajstić information content (AvgIpc) is 3.61.